The van der Waals surface area contributed by atoms with Gasteiger partial charge in [-0.3, -0.25) is 14.6 Å². The zero-order chi connectivity index (χ0) is 27.4. The second kappa shape index (κ2) is 11.9. The molecule has 0 bridgehead atoms. The highest BCUT2D eigenvalue weighted by Gasteiger charge is 2.38. The summed E-state index contributed by atoms with van der Waals surface area (Å²) < 4.78 is 11.5. The van der Waals surface area contributed by atoms with Crippen LogP contribution in [-0.2, 0) is 14.3 Å². The molecule has 0 radical (unpaired) electrons. The molecule has 1 aliphatic carbocycles. The zero-order valence-corrected chi connectivity index (χ0v) is 22.6. The molecule has 2 heterocycles. The van der Waals surface area contributed by atoms with Gasteiger partial charge in [-0.2, -0.15) is 0 Å². The van der Waals surface area contributed by atoms with E-state index in [0.717, 1.165) is 24.8 Å². The molecule has 0 spiro atoms. The van der Waals surface area contributed by atoms with Crippen LogP contribution in [0.4, 0.5) is 4.79 Å². The molecule has 9 nitrogen and oxygen atoms in total. The minimum atomic E-state index is -0.691. The molecular weight excluding hydrogens is 496 g/mol. The third-order valence-electron chi connectivity index (χ3n) is 7.75. The van der Waals surface area contributed by atoms with E-state index in [2.05, 4.69) is 10.2 Å². The molecular formula is C30H36N4O5. The molecule has 5 rings (SSSR count). The quantitative estimate of drug-likeness (QED) is 0.518. The zero-order valence-electron chi connectivity index (χ0n) is 22.6. The fourth-order valence-electron chi connectivity index (χ4n) is 5.28. The minimum Gasteiger partial charge on any atom is -0.463 e. The SMILES string of the molecule is CCOC(=O)C1=C(CN2CCN(C(=O)C3CCC3)CC2)N(C)C(=O)N[C@H]1c1cccc(Oc2ccccc2)c1. The van der Waals surface area contributed by atoms with Gasteiger partial charge >= 0.3 is 12.0 Å². The number of likely N-dealkylation sites (N-methyl/N-ethyl adjacent to an activating group) is 1. The van der Waals surface area contributed by atoms with E-state index >= 15 is 0 Å². The average molecular weight is 533 g/mol. The lowest BCUT2D eigenvalue weighted by Gasteiger charge is -2.41. The minimum absolute atomic E-state index is 0.185. The highest BCUT2D eigenvalue weighted by molar-refractivity contribution is 5.95. The Morgan fingerprint density at radius 3 is 2.36 bits per heavy atom. The van der Waals surface area contributed by atoms with Gasteiger partial charge in [-0.1, -0.05) is 36.8 Å². The summed E-state index contributed by atoms with van der Waals surface area (Å²) in [5, 5.41) is 2.98. The van der Waals surface area contributed by atoms with Crippen LogP contribution in [0.15, 0.2) is 65.9 Å². The van der Waals surface area contributed by atoms with E-state index in [9.17, 15) is 14.4 Å². The van der Waals surface area contributed by atoms with Gasteiger partial charge in [0.05, 0.1) is 18.2 Å². The molecule has 1 N–H and O–H groups in total. The van der Waals surface area contributed by atoms with E-state index in [0.29, 0.717) is 55.5 Å². The molecule has 2 fully saturated rings. The number of esters is 1. The van der Waals surface area contributed by atoms with Crippen LogP contribution in [0.1, 0.15) is 37.8 Å². The summed E-state index contributed by atoms with van der Waals surface area (Å²) >= 11 is 0. The Balaban J connectivity index is 1.40. The normalized spacial score (nSPS) is 20.4. The largest absolute Gasteiger partial charge is 0.463 e. The number of urea groups is 1. The molecule has 39 heavy (non-hydrogen) atoms. The van der Waals surface area contributed by atoms with Crippen molar-refractivity contribution in [2.24, 2.45) is 5.92 Å². The van der Waals surface area contributed by atoms with Crippen LogP contribution < -0.4 is 10.1 Å². The van der Waals surface area contributed by atoms with Gasteiger partial charge in [0, 0.05) is 51.4 Å². The molecule has 3 aliphatic rings. The summed E-state index contributed by atoms with van der Waals surface area (Å²) in [6, 6.07) is 15.9. The molecule has 2 aromatic rings. The van der Waals surface area contributed by atoms with Crippen molar-refractivity contribution in [3.05, 3.63) is 71.4 Å². The fraction of sp³-hybridized carbons (Fsp3) is 0.433. The molecule has 2 aromatic carbocycles. The number of para-hydroxylation sites is 1. The number of nitrogens with one attached hydrogen (secondary N) is 1. The van der Waals surface area contributed by atoms with E-state index < -0.39 is 12.0 Å². The Bertz CT molecular complexity index is 1230. The van der Waals surface area contributed by atoms with Gasteiger partial charge < -0.3 is 19.7 Å². The third kappa shape index (κ3) is 5.93. The van der Waals surface area contributed by atoms with Crippen molar-refractivity contribution >= 4 is 17.9 Å². The second-order valence-corrected chi connectivity index (χ2v) is 10.2. The molecule has 1 atom stereocenters. The maximum atomic E-state index is 13.4. The van der Waals surface area contributed by atoms with Crippen LogP contribution in [-0.4, -0.2) is 79.0 Å². The van der Waals surface area contributed by atoms with Gasteiger partial charge in [-0.05, 0) is 49.6 Å². The smallest absolute Gasteiger partial charge is 0.338 e. The van der Waals surface area contributed by atoms with E-state index in [-0.39, 0.29) is 24.5 Å². The van der Waals surface area contributed by atoms with Crippen molar-refractivity contribution in [1.82, 2.24) is 20.0 Å². The number of benzene rings is 2. The Morgan fingerprint density at radius 2 is 1.69 bits per heavy atom. The van der Waals surface area contributed by atoms with Gasteiger partial charge in [0.15, 0.2) is 0 Å². The Hall–Kier alpha value is -3.85. The second-order valence-electron chi connectivity index (χ2n) is 10.2. The van der Waals surface area contributed by atoms with Crippen molar-refractivity contribution in [2.75, 3.05) is 46.4 Å². The van der Waals surface area contributed by atoms with Gasteiger partial charge in [0.25, 0.3) is 0 Å². The molecule has 9 heteroatoms. The first-order valence-corrected chi connectivity index (χ1v) is 13.7. The Kier molecular flexibility index (Phi) is 8.16. The summed E-state index contributed by atoms with van der Waals surface area (Å²) in [7, 11) is 1.67. The highest BCUT2D eigenvalue weighted by Crippen LogP contribution is 2.34. The third-order valence-corrected chi connectivity index (χ3v) is 7.75. The lowest BCUT2D eigenvalue weighted by molar-refractivity contribution is -0.140. The summed E-state index contributed by atoms with van der Waals surface area (Å²) in [5.74, 6) is 1.28. The van der Waals surface area contributed by atoms with Crippen LogP contribution in [0.2, 0.25) is 0 Å². The molecule has 206 valence electrons. The predicted molar refractivity (Wildman–Crippen MR) is 146 cm³/mol. The summed E-state index contributed by atoms with van der Waals surface area (Å²) in [6.45, 7) is 5.05. The highest BCUT2D eigenvalue weighted by atomic mass is 16.5. The van der Waals surface area contributed by atoms with E-state index in [1.54, 1.807) is 14.0 Å². The summed E-state index contributed by atoms with van der Waals surface area (Å²) in [5.41, 5.74) is 1.74. The van der Waals surface area contributed by atoms with Crippen molar-refractivity contribution in [2.45, 2.75) is 32.2 Å². The number of rotatable bonds is 8. The Labute approximate surface area is 229 Å². The number of piperazine rings is 1. The number of hydrogen-bond donors (Lipinski definition) is 1. The van der Waals surface area contributed by atoms with Crippen molar-refractivity contribution in [3.63, 3.8) is 0 Å². The van der Waals surface area contributed by atoms with Crippen molar-refractivity contribution in [1.29, 1.82) is 0 Å². The summed E-state index contributed by atoms with van der Waals surface area (Å²) in [6.07, 6.45) is 3.12. The number of amides is 3. The van der Waals surface area contributed by atoms with Gasteiger partial charge in [-0.15, -0.1) is 0 Å². The molecule has 1 saturated carbocycles. The first kappa shape index (κ1) is 26.7. The molecule has 2 aliphatic heterocycles. The van der Waals surface area contributed by atoms with Gasteiger partial charge in [0.1, 0.15) is 11.5 Å². The fourth-order valence-corrected chi connectivity index (χ4v) is 5.28. The maximum Gasteiger partial charge on any atom is 0.338 e. The lowest BCUT2D eigenvalue weighted by atomic mass is 9.84. The van der Waals surface area contributed by atoms with Crippen LogP contribution >= 0.6 is 0 Å². The van der Waals surface area contributed by atoms with Crippen LogP contribution in [0.5, 0.6) is 11.5 Å². The molecule has 1 saturated heterocycles. The Morgan fingerprint density at radius 1 is 0.974 bits per heavy atom. The monoisotopic (exact) mass is 532 g/mol. The van der Waals surface area contributed by atoms with Crippen LogP contribution in [0.3, 0.4) is 0 Å². The van der Waals surface area contributed by atoms with E-state index in [1.165, 1.54) is 4.90 Å². The first-order chi connectivity index (χ1) is 18.9. The molecule has 0 unspecified atom stereocenters. The lowest BCUT2D eigenvalue weighted by Crippen LogP contribution is -2.54. The standard InChI is InChI=1S/C30H36N4O5/c1-3-38-29(36)26-25(20-33-15-17-34(18-16-33)28(35)21-9-7-10-21)32(2)30(37)31-27(26)22-11-8-14-24(19-22)39-23-12-5-4-6-13-23/h4-6,8,11-14,19,21,27H,3,7,9-10,15-18,20H2,1-2H3,(H,31,37)/t27-/m0/s1. The van der Waals surface area contributed by atoms with Crippen LogP contribution in [0, 0.1) is 5.92 Å². The van der Waals surface area contributed by atoms with Crippen molar-refractivity contribution in [3.8, 4) is 11.5 Å². The number of hydrogen-bond acceptors (Lipinski definition) is 6. The average Bonchev–Trinajstić information content (AvgIpc) is 2.91. The molecule has 0 aromatic heterocycles. The van der Waals surface area contributed by atoms with Gasteiger partial charge in [-0.25, -0.2) is 9.59 Å². The van der Waals surface area contributed by atoms with Gasteiger partial charge in [0.2, 0.25) is 5.91 Å². The van der Waals surface area contributed by atoms with E-state index in [1.807, 2.05) is 59.5 Å². The number of ether oxygens (including phenoxy) is 2. The number of nitrogens with zero attached hydrogens (tertiary/aromatic N) is 3. The number of carbonyl (C=O) groups is 3. The topological polar surface area (TPSA) is 91.4 Å². The predicted octanol–water partition coefficient (Wildman–Crippen LogP) is 3.94. The van der Waals surface area contributed by atoms with E-state index in [4.69, 9.17) is 9.47 Å². The number of carbonyl (C=O) groups excluding carboxylic acids is 3. The van der Waals surface area contributed by atoms with Crippen molar-refractivity contribution < 1.29 is 23.9 Å². The molecule has 3 amide bonds. The first-order valence-electron chi connectivity index (χ1n) is 13.7. The summed E-state index contributed by atoms with van der Waals surface area (Å²) in [4.78, 5) is 44.8. The van der Waals surface area contributed by atoms with Crippen LogP contribution in [0.25, 0.3) is 0 Å². The maximum absolute atomic E-state index is 13.4.